The van der Waals surface area contributed by atoms with Crippen molar-refractivity contribution in [1.82, 2.24) is 10.2 Å². The Bertz CT molecular complexity index is 397. The van der Waals surface area contributed by atoms with Crippen molar-refractivity contribution >= 4 is 16.5 Å². The molecule has 1 N–H and O–H groups in total. The molecule has 14 heavy (non-hydrogen) atoms. The summed E-state index contributed by atoms with van der Waals surface area (Å²) in [6.07, 6.45) is 0. The van der Waals surface area contributed by atoms with Gasteiger partial charge in [0.1, 0.15) is 5.01 Å². The molecule has 4 heteroatoms. The van der Waals surface area contributed by atoms with Crippen molar-refractivity contribution in [3.8, 4) is 10.6 Å². The zero-order chi connectivity index (χ0) is 9.80. The number of benzene rings is 1. The Morgan fingerprint density at radius 3 is 2.71 bits per heavy atom. The van der Waals surface area contributed by atoms with Gasteiger partial charge in [-0.25, -0.2) is 0 Å². The summed E-state index contributed by atoms with van der Waals surface area (Å²) >= 11 is 1.58. The highest BCUT2D eigenvalue weighted by molar-refractivity contribution is 7.18. The van der Waals surface area contributed by atoms with Crippen LogP contribution in [0.2, 0.25) is 0 Å². The molecule has 0 saturated carbocycles. The van der Waals surface area contributed by atoms with Crippen molar-refractivity contribution in [2.45, 2.75) is 6.92 Å². The van der Waals surface area contributed by atoms with Gasteiger partial charge in [0.25, 0.3) is 0 Å². The molecule has 0 saturated heterocycles. The summed E-state index contributed by atoms with van der Waals surface area (Å²) in [5, 5.41) is 13.1. The minimum atomic E-state index is 0.878. The van der Waals surface area contributed by atoms with Gasteiger partial charge < -0.3 is 5.32 Å². The van der Waals surface area contributed by atoms with Crippen LogP contribution < -0.4 is 5.32 Å². The van der Waals surface area contributed by atoms with Crippen LogP contribution in [0.1, 0.15) is 6.92 Å². The third-order valence-electron chi connectivity index (χ3n) is 1.77. The molecule has 1 aromatic carbocycles. The standard InChI is InChI=1S/C10H11N3S/c1-2-11-10-13-12-9(14-10)8-6-4-3-5-7-8/h3-7H,2H2,1H3,(H,11,13). The minimum Gasteiger partial charge on any atom is -0.360 e. The normalized spacial score (nSPS) is 10.1. The summed E-state index contributed by atoms with van der Waals surface area (Å²) in [4.78, 5) is 0. The van der Waals surface area contributed by atoms with Crippen molar-refractivity contribution in [3.63, 3.8) is 0 Å². The van der Waals surface area contributed by atoms with Crippen molar-refractivity contribution in [3.05, 3.63) is 30.3 Å². The van der Waals surface area contributed by atoms with E-state index < -0.39 is 0 Å². The lowest BCUT2D eigenvalue weighted by atomic mass is 10.2. The Balaban J connectivity index is 2.25. The number of nitrogens with zero attached hydrogens (tertiary/aromatic N) is 2. The van der Waals surface area contributed by atoms with Gasteiger partial charge in [-0.3, -0.25) is 0 Å². The lowest BCUT2D eigenvalue weighted by Gasteiger charge is -1.93. The molecule has 0 aliphatic heterocycles. The first-order valence-electron chi connectivity index (χ1n) is 4.53. The molecule has 0 bridgehead atoms. The summed E-state index contributed by atoms with van der Waals surface area (Å²) < 4.78 is 0. The van der Waals surface area contributed by atoms with Crippen LogP contribution in [0, 0.1) is 0 Å². The topological polar surface area (TPSA) is 37.8 Å². The van der Waals surface area contributed by atoms with E-state index in [1.165, 1.54) is 0 Å². The van der Waals surface area contributed by atoms with Gasteiger partial charge in [0, 0.05) is 12.1 Å². The number of anilines is 1. The first-order valence-corrected chi connectivity index (χ1v) is 5.34. The highest BCUT2D eigenvalue weighted by Gasteiger charge is 2.04. The maximum Gasteiger partial charge on any atom is 0.205 e. The molecule has 1 heterocycles. The second kappa shape index (κ2) is 4.19. The molecular weight excluding hydrogens is 194 g/mol. The molecule has 2 aromatic rings. The summed E-state index contributed by atoms with van der Waals surface area (Å²) in [6.45, 7) is 2.92. The molecule has 0 unspecified atom stereocenters. The first kappa shape index (κ1) is 9.15. The van der Waals surface area contributed by atoms with Crippen LogP contribution in [-0.4, -0.2) is 16.7 Å². The Kier molecular flexibility index (Phi) is 2.74. The zero-order valence-electron chi connectivity index (χ0n) is 7.90. The third kappa shape index (κ3) is 1.90. The van der Waals surface area contributed by atoms with Gasteiger partial charge in [-0.15, -0.1) is 10.2 Å². The average Bonchev–Trinajstić information content (AvgIpc) is 2.68. The molecule has 0 radical (unpaired) electrons. The fourth-order valence-electron chi connectivity index (χ4n) is 1.14. The van der Waals surface area contributed by atoms with E-state index in [-0.39, 0.29) is 0 Å². The van der Waals surface area contributed by atoms with Gasteiger partial charge in [-0.2, -0.15) is 0 Å². The van der Waals surface area contributed by atoms with E-state index >= 15 is 0 Å². The monoisotopic (exact) mass is 205 g/mol. The second-order valence-corrected chi connectivity index (χ2v) is 3.79. The molecular formula is C10H11N3S. The lowest BCUT2D eigenvalue weighted by Crippen LogP contribution is -1.94. The van der Waals surface area contributed by atoms with Gasteiger partial charge in [0.2, 0.25) is 5.13 Å². The van der Waals surface area contributed by atoms with E-state index in [0.717, 1.165) is 22.2 Å². The molecule has 0 aliphatic carbocycles. The van der Waals surface area contributed by atoms with Crippen LogP contribution in [0.15, 0.2) is 30.3 Å². The molecule has 0 aliphatic rings. The van der Waals surface area contributed by atoms with Crippen molar-refractivity contribution < 1.29 is 0 Å². The SMILES string of the molecule is CCNc1nnc(-c2ccccc2)s1. The summed E-state index contributed by atoms with van der Waals surface area (Å²) in [6, 6.07) is 10.1. The third-order valence-corrected chi connectivity index (χ3v) is 2.70. The van der Waals surface area contributed by atoms with Gasteiger partial charge in [0.05, 0.1) is 0 Å². The molecule has 0 spiro atoms. The van der Waals surface area contributed by atoms with Crippen LogP contribution >= 0.6 is 11.3 Å². The summed E-state index contributed by atoms with van der Waals surface area (Å²) in [7, 11) is 0. The molecule has 0 atom stereocenters. The van der Waals surface area contributed by atoms with Crippen molar-refractivity contribution in [2.24, 2.45) is 0 Å². The first-order chi connectivity index (χ1) is 6.90. The number of aromatic nitrogens is 2. The van der Waals surface area contributed by atoms with Gasteiger partial charge in [0.15, 0.2) is 0 Å². The number of hydrogen-bond acceptors (Lipinski definition) is 4. The number of rotatable bonds is 3. The molecule has 0 fully saturated rings. The predicted octanol–water partition coefficient (Wildman–Crippen LogP) is 2.64. The second-order valence-electron chi connectivity index (χ2n) is 2.81. The molecule has 1 aromatic heterocycles. The fraction of sp³-hybridized carbons (Fsp3) is 0.200. The van der Waals surface area contributed by atoms with Crippen LogP contribution in [0.3, 0.4) is 0 Å². The maximum atomic E-state index is 4.11. The van der Waals surface area contributed by atoms with E-state index in [9.17, 15) is 0 Å². The van der Waals surface area contributed by atoms with Crippen LogP contribution in [-0.2, 0) is 0 Å². The van der Waals surface area contributed by atoms with E-state index in [1.54, 1.807) is 11.3 Å². The van der Waals surface area contributed by atoms with Crippen molar-refractivity contribution in [2.75, 3.05) is 11.9 Å². The van der Waals surface area contributed by atoms with E-state index in [0.29, 0.717) is 0 Å². The maximum absolute atomic E-state index is 4.11. The quantitative estimate of drug-likeness (QED) is 0.837. The van der Waals surface area contributed by atoms with Gasteiger partial charge in [-0.1, -0.05) is 41.7 Å². The number of nitrogens with one attached hydrogen (secondary N) is 1. The number of hydrogen-bond donors (Lipinski definition) is 1. The van der Waals surface area contributed by atoms with Gasteiger partial charge >= 0.3 is 0 Å². The average molecular weight is 205 g/mol. The Labute approximate surface area is 86.8 Å². The van der Waals surface area contributed by atoms with Crippen LogP contribution in [0.5, 0.6) is 0 Å². The largest absolute Gasteiger partial charge is 0.360 e. The summed E-state index contributed by atoms with van der Waals surface area (Å²) in [5.41, 5.74) is 1.12. The zero-order valence-corrected chi connectivity index (χ0v) is 8.71. The lowest BCUT2D eigenvalue weighted by molar-refractivity contribution is 1.07. The molecule has 0 amide bonds. The van der Waals surface area contributed by atoms with Gasteiger partial charge in [-0.05, 0) is 6.92 Å². The Morgan fingerprint density at radius 2 is 2.00 bits per heavy atom. The van der Waals surface area contributed by atoms with Crippen LogP contribution in [0.4, 0.5) is 5.13 Å². The molecule has 2 rings (SSSR count). The smallest absolute Gasteiger partial charge is 0.205 e. The van der Waals surface area contributed by atoms with Crippen LogP contribution in [0.25, 0.3) is 10.6 Å². The minimum absolute atomic E-state index is 0.878. The van der Waals surface area contributed by atoms with E-state index in [4.69, 9.17) is 0 Å². The predicted molar refractivity (Wildman–Crippen MR) is 59.5 cm³/mol. The molecule has 3 nitrogen and oxygen atoms in total. The van der Waals surface area contributed by atoms with E-state index in [1.807, 2.05) is 37.3 Å². The van der Waals surface area contributed by atoms with E-state index in [2.05, 4.69) is 15.5 Å². The Hall–Kier alpha value is -1.42. The molecule has 72 valence electrons. The van der Waals surface area contributed by atoms with Crippen molar-refractivity contribution in [1.29, 1.82) is 0 Å². The highest BCUT2D eigenvalue weighted by Crippen LogP contribution is 2.25. The fourth-order valence-corrected chi connectivity index (χ4v) is 1.96. The summed E-state index contributed by atoms with van der Waals surface area (Å²) in [5.74, 6) is 0. The Morgan fingerprint density at radius 1 is 1.21 bits per heavy atom. The highest BCUT2D eigenvalue weighted by atomic mass is 32.1.